The summed E-state index contributed by atoms with van der Waals surface area (Å²) in [5.41, 5.74) is 2.27. The van der Waals surface area contributed by atoms with Crippen LogP contribution in [0.15, 0.2) is 29.5 Å². The van der Waals surface area contributed by atoms with Crippen LogP contribution in [0.4, 0.5) is 5.69 Å². The summed E-state index contributed by atoms with van der Waals surface area (Å²) in [6, 6.07) is 5.02. The van der Waals surface area contributed by atoms with Crippen LogP contribution in [0.5, 0.6) is 0 Å². The van der Waals surface area contributed by atoms with Gasteiger partial charge < -0.3 is 25.2 Å². The first kappa shape index (κ1) is 18.5. The highest BCUT2D eigenvalue weighted by molar-refractivity contribution is 6.08. The summed E-state index contributed by atoms with van der Waals surface area (Å²) in [4.78, 5) is 36.5. The molecule has 1 aromatic rings. The van der Waals surface area contributed by atoms with E-state index in [1.165, 1.54) is 12.0 Å². The lowest BCUT2D eigenvalue weighted by Gasteiger charge is -2.15. The number of methoxy groups -OCH3 is 1. The number of carboxylic acids is 1. The molecule has 1 heterocycles. The molecule has 0 unspecified atom stereocenters. The average molecular weight is 348 g/mol. The third-order valence-electron chi connectivity index (χ3n) is 3.91. The fourth-order valence-electron chi connectivity index (χ4n) is 2.63. The highest BCUT2D eigenvalue weighted by Gasteiger charge is 2.34. The van der Waals surface area contributed by atoms with Gasteiger partial charge in [0.1, 0.15) is 5.70 Å². The first-order chi connectivity index (χ1) is 11.9. The number of carboxylic acid groups (broad SMARTS) is 1. The number of nitrogens with zero attached hydrogens (tertiary/aromatic N) is 1. The minimum absolute atomic E-state index is 0.0600. The molecule has 0 spiro atoms. The quantitative estimate of drug-likeness (QED) is 0.607. The SMILES string of the molecule is COC(=O)C1=C(Nc2ccc(CC(=O)O)c(C)c2)C(=O)N(CCO)C1. The van der Waals surface area contributed by atoms with Gasteiger partial charge in [-0.25, -0.2) is 4.79 Å². The van der Waals surface area contributed by atoms with Crippen molar-refractivity contribution in [3.8, 4) is 0 Å². The van der Waals surface area contributed by atoms with Crippen molar-refractivity contribution in [1.29, 1.82) is 0 Å². The molecule has 1 aromatic carbocycles. The van der Waals surface area contributed by atoms with E-state index in [-0.39, 0.29) is 37.4 Å². The first-order valence-electron chi connectivity index (χ1n) is 7.67. The van der Waals surface area contributed by atoms with E-state index in [9.17, 15) is 14.4 Å². The smallest absolute Gasteiger partial charge is 0.337 e. The highest BCUT2D eigenvalue weighted by atomic mass is 16.5. The van der Waals surface area contributed by atoms with Gasteiger partial charge in [-0.3, -0.25) is 9.59 Å². The highest BCUT2D eigenvalue weighted by Crippen LogP contribution is 2.24. The topological polar surface area (TPSA) is 116 Å². The van der Waals surface area contributed by atoms with Crippen molar-refractivity contribution in [3.05, 3.63) is 40.6 Å². The summed E-state index contributed by atoms with van der Waals surface area (Å²) in [7, 11) is 1.23. The molecule has 0 fully saturated rings. The number of amides is 1. The molecule has 1 amide bonds. The van der Waals surface area contributed by atoms with Gasteiger partial charge in [0.25, 0.3) is 5.91 Å². The number of ether oxygens (including phenoxy) is 1. The maximum Gasteiger partial charge on any atom is 0.337 e. The number of aliphatic hydroxyl groups is 1. The number of hydrogen-bond donors (Lipinski definition) is 3. The average Bonchev–Trinajstić information content (AvgIpc) is 2.86. The van der Waals surface area contributed by atoms with E-state index in [1.807, 2.05) is 0 Å². The van der Waals surface area contributed by atoms with E-state index in [0.29, 0.717) is 11.3 Å². The van der Waals surface area contributed by atoms with Crippen molar-refractivity contribution in [2.45, 2.75) is 13.3 Å². The Balaban J connectivity index is 2.28. The Morgan fingerprint density at radius 3 is 2.64 bits per heavy atom. The molecule has 25 heavy (non-hydrogen) atoms. The second-order valence-electron chi connectivity index (χ2n) is 5.63. The number of β-amino-alcohol motifs (C(OH)–C–C–N with tert-alkyl or cyclic N) is 1. The van der Waals surface area contributed by atoms with Crippen molar-refractivity contribution in [2.75, 3.05) is 32.1 Å². The van der Waals surface area contributed by atoms with Crippen LogP contribution < -0.4 is 5.32 Å². The zero-order valence-corrected chi connectivity index (χ0v) is 14.0. The van der Waals surface area contributed by atoms with Crippen LogP contribution in [0.1, 0.15) is 11.1 Å². The number of nitrogens with one attached hydrogen (secondary N) is 1. The molecule has 0 aliphatic carbocycles. The zero-order valence-electron chi connectivity index (χ0n) is 14.0. The number of rotatable bonds is 7. The first-order valence-corrected chi connectivity index (χ1v) is 7.67. The van der Waals surface area contributed by atoms with Crippen LogP contribution in [0.3, 0.4) is 0 Å². The number of carbonyl (C=O) groups excluding carboxylic acids is 2. The molecule has 3 N–H and O–H groups in total. The maximum absolute atomic E-state index is 12.4. The Kier molecular flexibility index (Phi) is 5.76. The van der Waals surface area contributed by atoms with Crippen LogP contribution in [0, 0.1) is 6.92 Å². The van der Waals surface area contributed by atoms with E-state index in [1.54, 1.807) is 25.1 Å². The fraction of sp³-hybridized carbons (Fsp3) is 0.353. The summed E-state index contributed by atoms with van der Waals surface area (Å²) in [5.74, 6) is -1.94. The minimum Gasteiger partial charge on any atom is -0.481 e. The van der Waals surface area contributed by atoms with Crippen LogP contribution in [0.25, 0.3) is 0 Å². The number of carbonyl (C=O) groups is 3. The second-order valence-corrected chi connectivity index (χ2v) is 5.63. The Hall–Kier alpha value is -2.87. The lowest BCUT2D eigenvalue weighted by atomic mass is 10.0. The normalized spacial score (nSPS) is 14.0. The number of aliphatic carboxylic acids is 1. The van der Waals surface area contributed by atoms with Gasteiger partial charge in [-0.2, -0.15) is 0 Å². The summed E-state index contributed by atoms with van der Waals surface area (Å²) in [5, 5.41) is 20.9. The van der Waals surface area contributed by atoms with E-state index in [4.69, 9.17) is 14.9 Å². The zero-order chi connectivity index (χ0) is 18.6. The van der Waals surface area contributed by atoms with Crippen LogP contribution in [0.2, 0.25) is 0 Å². The Labute approximate surface area is 144 Å². The summed E-state index contributed by atoms with van der Waals surface area (Å²) in [6.45, 7) is 1.73. The summed E-state index contributed by atoms with van der Waals surface area (Å²) in [6.07, 6.45) is -0.0918. The Morgan fingerprint density at radius 1 is 1.36 bits per heavy atom. The molecule has 0 atom stereocenters. The Morgan fingerprint density at radius 2 is 2.08 bits per heavy atom. The summed E-state index contributed by atoms with van der Waals surface area (Å²) >= 11 is 0. The van der Waals surface area contributed by atoms with Gasteiger partial charge in [-0.1, -0.05) is 6.07 Å². The summed E-state index contributed by atoms with van der Waals surface area (Å²) < 4.78 is 4.72. The molecule has 134 valence electrons. The molecule has 1 aliphatic heterocycles. The van der Waals surface area contributed by atoms with Crippen molar-refractivity contribution in [1.82, 2.24) is 4.90 Å². The number of hydrogen-bond acceptors (Lipinski definition) is 6. The van der Waals surface area contributed by atoms with Crippen molar-refractivity contribution in [2.24, 2.45) is 0 Å². The standard InChI is InChI=1S/C17H20N2O6/c1-10-7-12(4-3-11(10)8-14(21)22)18-15-13(17(24)25-2)9-19(5-6-20)16(15)23/h3-4,7,18,20H,5-6,8-9H2,1-2H3,(H,21,22). The van der Waals surface area contributed by atoms with Gasteiger partial charge in [0.15, 0.2) is 0 Å². The van der Waals surface area contributed by atoms with Crippen molar-refractivity contribution in [3.63, 3.8) is 0 Å². The number of anilines is 1. The molecule has 8 nitrogen and oxygen atoms in total. The van der Waals surface area contributed by atoms with E-state index >= 15 is 0 Å². The molecule has 0 saturated heterocycles. The third-order valence-corrected chi connectivity index (χ3v) is 3.91. The van der Waals surface area contributed by atoms with Crippen LogP contribution in [-0.4, -0.2) is 59.8 Å². The monoisotopic (exact) mass is 348 g/mol. The number of aryl methyl sites for hydroxylation is 1. The van der Waals surface area contributed by atoms with Crippen LogP contribution >= 0.6 is 0 Å². The molecule has 1 aliphatic rings. The maximum atomic E-state index is 12.4. The fourth-order valence-corrected chi connectivity index (χ4v) is 2.63. The number of esters is 1. The van der Waals surface area contributed by atoms with Crippen LogP contribution in [-0.2, 0) is 25.5 Å². The second kappa shape index (κ2) is 7.80. The minimum atomic E-state index is -0.926. The van der Waals surface area contributed by atoms with Gasteiger partial charge in [0.05, 0.1) is 32.3 Å². The molecular weight excluding hydrogens is 328 g/mol. The van der Waals surface area contributed by atoms with E-state index in [2.05, 4.69) is 5.32 Å². The largest absolute Gasteiger partial charge is 0.481 e. The van der Waals surface area contributed by atoms with E-state index in [0.717, 1.165) is 5.56 Å². The molecule has 0 aromatic heterocycles. The van der Waals surface area contributed by atoms with Gasteiger partial charge in [-0.05, 0) is 30.2 Å². The Bertz CT molecular complexity index is 741. The van der Waals surface area contributed by atoms with Gasteiger partial charge >= 0.3 is 11.9 Å². The molecule has 8 heteroatoms. The lowest BCUT2D eigenvalue weighted by molar-refractivity contribution is -0.137. The number of aliphatic hydroxyl groups excluding tert-OH is 1. The van der Waals surface area contributed by atoms with Crippen molar-refractivity contribution < 1.29 is 29.3 Å². The predicted molar refractivity (Wildman–Crippen MR) is 88.8 cm³/mol. The van der Waals surface area contributed by atoms with Crippen molar-refractivity contribution >= 4 is 23.5 Å². The number of benzene rings is 1. The predicted octanol–water partition coefficient (Wildman–Crippen LogP) is 0.296. The van der Waals surface area contributed by atoms with E-state index < -0.39 is 17.8 Å². The molecule has 0 bridgehead atoms. The van der Waals surface area contributed by atoms with Gasteiger partial charge in [0.2, 0.25) is 0 Å². The molecule has 0 radical (unpaired) electrons. The molecule has 0 saturated carbocycles. The van der Waals surface area contributed by atoms with Gasteiger partial charge in [0, 0.05) is 12.2 Å². The third kappa shape index (κ3) is 4.16. The molecular formula is C17H20N2O6. The lowest BCUT2D eigenvalue weighted by Crippen LogP contribution is -2.31. The molecule has 2 rings (SSSR count). The van der Waals surface area contributed by atoms with Gasteiger partial charge in [-0.15, -0.1) is 0 Å².